The summed E-state index contributed by atoms with van der Waals surface area (Å²) >= 11 is 0. The molecular weight excluding hydrogens is 317 g/mol. The molecule has 23 heavy (non-hydrogen) atoms. The lowest BCUT2D eigenvalue weighted by molar-refractivity contribution is -0.138. The van der Waals surface area contributed by atoms with Gasteiger partial charge in [-0.25, -0.2) is 4.79 Å². The molecule has 0 spiro atoms. The number of carboxylic acids is 1. The highest BCUT2D eigenvalue weighted by molar-refractivity contribution is 5.73. The molecule has 6 nitrogen and oxygen atoms in total. The molecule has 1 aromatic rings. The molecule has 0 fully saturated rings. The molecule has 9 heteroatoms. The number of benzene rings is 1. The van der Waals surface area contributed by atoms with E-state index in [4.69, 9.17) is 9.84 Å². The van der Waals surface area contributed by atoms with E-state index in [-0.39, 0.29) is 31.9 Å². The fourth-order valence-electron chi connectivity index (χ4n) is 1.58. The van der Waals surface area contributed by atoms with Crippen LogP contribution < -0.4 is 15.4 Å². The van der Waals surface area contributed by atoms with E-state index < -0.39 is 23.7 Å². The van der Waals surface area contributed by atoms with Gasteiger partial charge in [-0.05, 0) is 30.7 Å². The lowest BCUT2D eigenvalue weighted by Crippen LogP contribution is -2.38. The fraction of sp³-hybridized carbons (Fsp3) is 0.429. The van der Waals surface area contributed by atoms with Gasteiger partial charge in [-0.15, -0.1) is 0 Å². The van der Waals surface area contributed by atoms with Gasteiger partial charge in [0.15, 0.2) is 0 Å². The largest absolute Gasteiger partial charge is 0.492 e. The second-order valence-corrected chi connectivity index (χ2v) is 4.55. The molecule has 0 saturated carbocycles. The van der Waals surface area contributed by atoms with Crippen LogP contribution in [0, 0.1) is 0 Å². The molecule has 0 aliphatic heterocycles. The van der Waals surface area contributed by atoms with Crippen molar-refractivity contribution in [1.82, 2.24) is 10.6 Å². The number of carbonyl (C=O) groups excluding carboxylic acids is 1. The highest BCUT2D eigenvalue weighted by Crippen LogP contribution is 2.30. The van der Waals surface area contributed by atoms with Crippen LogP contribution in [0.15, 0.2) is 24.3 Å². The maximum atomic E-state index is 12.4. The van der Waals surface area contributed by atoms with Gasteiger partial charge in [0.05, 0.1) is 12.1 Å². The van der Waals surface area contributed by atoms with Gasteiger partial charge in [-0.3, -0.25) is 4.79 Å². The first kappa shape index (κ1) is 18.6. The minimum absolute atomic E-state index is 0.0304. The minimum atomic E-state index is -4.39. The van der Waals surface area contributed by atoms with Crippen LogP contribution in [0.5, 0.6) is 5.75 Å². The number of alkyl halides is 3. The summed E-state index contributed by atoms with van der Waals surface area (Å²) < 4.78 is 42.3. The van der Waals surface area contributed by atoms with E-state index in [9.17, 15) is 22.8 Å². The first-order valence-corrected chi connectivity index (χ1v) is 6.82. The number of rotatable bonds is 8. The molecular formula is C14H17F3N2O4. The summed E-state index contributed by atoms with van der Waals surface area (Å²) in [6.07, 6.45) is -4.10. The van der Waals surface area contributed by atoms with Crippen LogP contribution in [0.25, 0.3) is 0 Å². The SMILES string of the molecule is O=C(O)CCCNC(=O)NCCOc1ccc(C(F)(F)F)cc1. The van der Waals surface area contributed by atoms with Gasteiger partial charge in [-0.2, -0.15) is 13.2 Å². The fourth-order valence-corrected chi connectivity index (χ4v) is 1.58. The Morgan fingerprint density at radius 2 is 1.70 bits per heavy atom. The van der Waals surface area contributed by atoms with Gasteiger partial charge in [-0.1, -0.05) is 0 Å². The predicted molar refractivity (Wildman–Crippen MR) is 75.2 cm³/mol. The quantitative estimate of drug-likeness (QED) is 0.636. The van der Waals surface area contributed by atoms with Crippen molar-refractivity contribution >= 4 is 12.0 Å². The van der Waals surface area contributed by atoms with Crippen molar-refractivity contribution < 1.29 is 32.6 Å². The Bertz CT molecular complexity index is 518. The van der Waals surface area contributed by atoms with E-state index in [0.717, 1.165) is 12.1 Å². The molecule has 128 valence electrons. The van der Waals surface area contributed by atoms with Gasteiger partial charge < -0.3 is 20.5 Å². The number of aliphatic carboxylic acids is 1. The number of ether oxygens (including phenoxy) is 1. The molecule has 2 amide bonds. The van der Waals surface area contributed by atoms with Crippen LogP contribution in [-0.2, 0) is 11.0 Å². The number of carboxylic acid groups (broad SMARTS) is 1. The molecule has 0 unspecified atom stereocenters. The summed E-state index contributed by atoms with van der Waals surface area (Å²) in [5.41, 5.74) is -0.760. The smallest absolute Gasteiger partial charge is 0.416 e. The van der Waals surface area contributed by atoms with Crippen LogP contribution in [0.2, 0.25) is 0 Å². The Morgan fingerprint density at radius 3 is 2.26 bits per heavy atom. The molecule has 0 saturated heterocycles. The number of amides is 2. The zero-order chi connectivity index (χ0) is 17.3. The minimum Gasteiger partial charge on any atom is -0.492 e. The van der Waals surface area contributed by atoms with Crippen molar-refractivity contribution in [3.8, 4) is 5.75 Å². The number of hydrogen-bond donors (Lipinski definition) is 3. The Labute approximate surface area is 130 Å². The summed E-state index contributed by atoms with van der Waals surface area (Å²) in [5.74, 6) is -0.668. The molecule has 1 rings (SSSR count). The topological polar surface area (TPSA) is 87.7 Å². The van der Waals surface area contributed by atoms with Gasteiger partial charge in [0.2, 0.25) is 0 Å². The number of halogens is 3. The summed E-state index contributed by atoms with van der Waals surface area (Å²) in [7, 11) is 0. The number of urea groups is 1. The summed E-state index contributed by atoms with van der Waals surface area (Å²) in [4.78, 5) is 21.6. The molecule has 0 atom stereocenters. The average Bonchev–Trinajstić information content (AvgIpc) is 2.47. The molecule has 0 bridgehead atoms. The van der Waals surface area contributed by atoms with E-state index in [0.29, 0.717) is 6.42 Å². The summed E-state index contributed by atoms with van der Waals surface area (Å²) in [6, 6.07) is 3.77. The lowest BCUT2D eigenvalue weighted by Gasteiger charge is -2.10. The third kappa shape index (κ3) is 7.93. The van der Waals surface area contributed by atoms with Crippen molar-refractivity contribution in [2.24, 2.45) is 0 Å². The first-order valence-electron chi connectivity index (χ1n) is 6.82. The van der Waals surface area contributed by atoms with E-state index in [1.165, 1.54) is 12.1 Å². The summed E-state index contributed by atoms with van der Waals surface area (Å²) in [6.45, 7) is 0.484. The maximum Gasteiger partial charge on any atom is 0.416 e. The lowest BCUT2D eigenvalue weighted by atomic mass is 10.2. The van der Waals surface area contributed by atoms with Crippen LogP contribution in [0.1, 0.15) is 18.4 Å². The predicted octanol–water partition coefficient (Wildman–Crippen LogP) is 2.25. The van der Waals surface area contributed by atoms with Crippen molar-refractivity contribution in [3.05, 3.63) is 29.8 Å². The molecule has 3 N–H and O–H groups in total. The molecule has 0 heterocycles. The second kappa shape index (κ2) is 8.86. The number of nitrogens with one attached hydrogen (secondary N) is 2. The van der Waals surface area contributed by atoms with E-state index >= 15 is 0 Å². The van der Waals surface area contributed by atoms with Crippen LogP contribution >= 0.6 is 0 Å². The van der Waals surface area contributed by atoms with Crippen molar-refractivity contribution in [1.29, 1.82) is 0 Å². The van der Waals surface area contributed by atoms with Gasteiger partial charge >= 0.3 is 18.2 Å². The standard InChI is InChI=1S/C14H17F3N2O4/c15-14(16,17)10-3-5-11(6-4-10)23-9-8-19-13(22)18-7-1-2-12(20)21/h3-6H,1-2,7-9H2,(H,20,21)(H2,18,19,22). The van der Waals surface area contributed by atoms with Crippen LogP contribution in [0.4, 0.5) is 18.0 Å². The third-order valence-electron chi connectivity index (χ3n) is 2.69. The normalized spacial score (nSPS) is 10.9. The first-order chi connectivity index (χ1) is 10.8. The van der Waals surface area contributed by atoms with Crippen molar-refractivity contribution in [3.63, 3.8) is 0 Å². The van der Waals surface area contributed by atoms with Crippen molar-refractivity contribution in [2.45, 2.75) is 19.0 Å². The zero-order valence-corrected chi connectivity index (χ0v) is 12.2. The number of carbonyl (C=O) groups is 2. The average molecular weight is 334 g/mol. The van der Waals surface area contributed by atoms with Crippen LogP contribution in [0.3, 0.4) is 0 Å². The van der Waals surface area contributed by atoms with Gasteiger partial charge in [0, 0.05) is 13.0 Å². The Kier molecular flexibility index (Phi) is 7.17. The molecule has 0 aromatic heterocycles. The Balaban J connectivity index is 2.17. The molecule has 0 radical (unpaired) electrons. The van der Waals surface area contributed by atoms with Gasteiger partial charge in [0.25, 0.3) is 0 Å². The second-order valence-electron chi connectivity index (χ2n) is 4.55. The highest BCUT2D eigenvalue weighted by atomic mass is 19.4. The molecule has 1 aromatic carbocycles. The Morgan fingerprint density at radius 1 is 1.09 bits per heavy atom. The maximum absolute atomic E-state index is 12.4. The number of hydrogen-bond acceptors (Lipinski definition) is 3. The highest BCUT2D eigenvalue weighted by Gasteiger charge is 2.29. The molecule has 0 aliphatic rings. The van der Waals surface area contributed by atoms with E-state index in [2.05, 4.69) is 10.6 Å². The van der Waals surface area contributed by atoms with Gasteiger partial charge in [0.1, 0.15) is 12.4 Å². The monoisotopic (exact) mass is 334 g/mol. The van der Waals surface area contributed by atoms with Crippen molar-refractivity contribution in [2.75, 3.05) is 19.7 Å². The summed E-state index contributed by atoms with van der Waals surface area (Å²) in [5, 5.41) is 13.4. The zero-order valence-electron chi connectivity index (χ0n) is 12.2. The Hall–Kier alpha value is -2.45. The molecule has 0 aliphatic carbocycles. The third-order valence-corrected chi connectivity index (χ3v) is 2.69. The van der Waals surface area contributed by atoms with E-state index in [1.54, 1.807) is 0 Å². The van der Waals surface area contributed by atoms with E-state index in [1.807, 2.05) is 0 Å². The van der Waals surface area contributed by atoms with Crippen LogP contribution in [-0.4, -0.2) is 36.8 Å².